The lowest BCUT2D eigenvalue weighted by atomic mass is 10.0. The number of methoxy groups -OCH3 is 2. The third kappa shape index (κ3) is 3.52. The zero-order valence-corrected chi connectivity index (χ0v) is 12.7. The summed E-state index contributed by atoms with van der Waals surface area (Å²) in [6.07, 6.45) is 1.43. The van der Waals surface area contributed by atoms with Crippen LogP contribution in [0.4, 0.5) is 4.39 Å². The van der Waals surface area contributed by atoms with Crippen LogP contribution >= 0.6 is 0 Å². The van der Waals surface area contributed by atoms with Crippen molar-refractivity contribution >= 4 is 11.5 Å². The van der Waals surface area contributed by atoms with Crippen LogP contribution < -0.4 is 4.74 Å². The van der Waals surface area contributed by atoms with Gasteiger partial charge < -0.3 is 9.47 Å². The van der Waals surface area contributed by atoms with Crippen LogP contribution in [0, 0.1) is 5.82 Å². The molecule has 0 heterocycles. The first-order valence-corrected chi connectivity index (χ1v) is 6.75. The molecule has 2 aromatic rings. The number of hydrogen-bond acceptors (Lipinski definition) is 3. The van der Waals surface area contributed by atoms with Crippen molar-refractivity contribution in [1.82, 2.24) is 0 Å². The summed E-state index contributed by atoms with van der Waals surface area (Å²) in [5.41, 5.74) is 3.36. The largest absolute Gasteiger partial charge is 0.494 e. The molecule has 0 atom stereocenters. The standard InChI is InChI=1S/C18H17FO3/c1-12(10-18(20)22-3)13-4-6-14(7-5-13)15-8-9-17(21-2)16(19)11-15/h4-11H,1-3H3/b12-10+. The number of carbonyl (C=O) groups excluding carboxylic acids is 1. The first-order chi connectivity index (χ1) is 10.5. The Morgan fingerprint density at radius 3 is 2.23 bits per heavy atom. The van der Waals surface area contributed by atoms with E-state index in [0.717, 1.165) is 22.3 Å². The highest BCUT2D eigenvalue weighted by molar-refractivity contribution is 5.91. The number of allylic oxidation sites excluding steroid dienone is 1. The molecule has 2 rings (SSSR count). The Morgan fingerprint density at radius 1 is 1.05 bits per heavy atom. The van der Waals surface area contributed by atoms with Crippen LogP contribution in [0.3, 0.4) is 0 Å². The van der Waals surface area contributed by atoms with Crippen molar-refractivity contribution in [3.8, 4) is 16.9 Å². The van der Waals surface area contributed by atoms with Gasteiger partial charge in [0.15, 0.2) is 11.6 Å². The molecule has 0 radical (unpaired) electrons. The minimum Gasteiger partial charge on any atom is -0.494 e. The fourth-order valence-corrected chi connectivity index (χ4v) is 2.09. The maximum absolute atomic E-state index is 13.7. The highest BCUT2D eigenvalue weighted by Gasteiger charge is 2.06. The molecule has 3 nitrogen and oxygen atoms in total. The first kappa shape index (κ1) is 15.8. The van der Waals surface area contributed by atoms with Gasteiger partial charge in [0.2, 0.25) is 0 Å². The van der Waals surface area contributed by atoms with Gasteiger partial charge in [-0.3, -0.25) is 0 Å². The van der Waals surface area contributed by atoms with Crippen molar-refractivity contribution in [3.63, 3.8) is 0 Å². The molecule has 0 N–H and O–H groups in total. The van der Waals surface area contributed by atoms with Gasteiger partial charge >= 0.3 is 5.97 Å². The lowest BCUT2D eigenvalue weighted by molar-refractivity contribution is -0.134. The Balaban J connectivity index is 2.27. The average molecular weight is 300 g/mol. The molecule has 0 fully saturated rings. The predicted octanol–water partition coefficient (Wildman–Crippen LogP) is 4.08. The summed E-state index contributed by atoms with van der Waals surface area (Å²) in [6, 6.07) is 12.4. The molecule has 0 unspecified atom stereocenters. The summed E-state index contributed by atoms with van der Waals surface area (Å²) in [6.45, 7) is 1.83. The number of halogens is 1. The maximum atomic E-state index is 13.7. The Morgan fingerprint density at radius 2 is 1.68 bits per heavy atom. The molecule has 114 valence electrons. The summed E-state index contributed by atoms with van der Waals surface area (Å²) in [5.74, 6) is -0.568. The van der Waals surface area contributed by atoms with E-state index in [-0.39, 0.29) is 11.7 Å². The Kier molecular flexibility index (Phi) is 4.94. The van der Waals surface area contributed by atoms with E-state index >= 15 is 0 Å². The van der Waals surface area contributed by atoms with Gasteiger partial charge in [0, 0.05) is 6.08 Å². The monoisotopic (exact) mass is 300 g/mol. The lowest BCUT2D eigenvalue weighted by Gasteiger charge is -2.07. The number of ether oxygens (including phenoxy) is 2. The van der Waals surface area contributed by atoms with Crippen molar-refractivity contribution in [1.29, 1.82) is 0 Å². The smallest absolute Gasteiger partial charge is 0.330 e. The van der Waals surface area contributed by atoms with Gasteiger partial charge in [-0.05, 0) is 41.3 Å². The first-order valence-electron chi connectivity index (χ1n) is 6.75. The number of esters is 1. The summed E-state index contributed by atoms with van der Waals surface area (Å²) in [5, 5.41) is 0. The zero-order valence-electron chi connectivity index (χ0n) is 12.7. The molecule has 2 aromatic carbocycles. The van der Waals surface area contributed by atoms with Gasteiger partial charge in [-0.2, -0.15) is 0 Å². The fourth-order valence-electron chi connectivity index (χ4n) is 2.09. The van der Waals surface area contributed by atoms with Gasteiger partial charge in [0.25, 0.3) is 0 Å². The Hall–Kier alpha value is -2.62. The van der Waals surface area contributed by atoms with Crippen molar-refractivity contribution in [2.75, 3.05) is 14.2 Å². The van der Waals surface area contributed by atoms with Crippen molar-refractivity contribution in [3.05, 3.63) is 59.9 Å². The van der Waals surface area contributed by atoms with E-state index in [9.17, 15) is 9.18 Å². The van der Waals surface area contributed by atoms with Crippen LogP contribution in [-0.4, -0.2) is 20.2 Å². The van der Waals surface area contributed by atoms with Crippen LogP contribution in [0.5, 0.6) is 5.75 Å². The fraction of sp³-hybridized carbons (Fsp3) is 0.167. The maximum Gasteiger partial charge on any atom is 0.330 e. The molecular formula is C18H17FO3. The molecule has 0 saturated carbocycles. The molecule has 0 aliphatic rings. The molecule has 0 saturated heterocycles. The second kappa shape index (κ2) is 6.89. The summed E-state index contributed by atoms with van der Waals surface area (Å²) in [4.78, 5) is 11.2. The van der Waals surface area contributed by atoms with E-state index in [2.05, 4.69) is 4.74 Å². The summed E-state index contributed by atoms with van der Waals surface area (Å²) >= 11 is 0. The summed E-state index contributed by atoms with van der Waals surface area (Å²) < 4.78 is 23.2. The van der Waals surface area contributed by atoms with E-state index in [1.165, 1.54) is 26.4 Å². The average Bonchev–Trinajstić information content (AvgIpc) is 2.54. The second-order valence-electron chi connectivity index (χ2n) is 4.78. The zero-order chi connectivity index (χ0) is 16.1. The van der Waals surface area contributed by atoms with Crippen LogP contribution in [0.15, 0.2) is 48.5 Å². The van der Waals surface area contributed by atoms with Crippen molar-refractivity contribution < 1.29 is 18.7 Å². The second-order valence-corrected chi connectivity index (χ2v) is 4.78. The topological polar surface area (TPSA) is 35.5 Å². The third-order valence-corrected chi connectivity index (χ3v) is 3.36. The number of hydrogen-bond donors (Lipinski definition) is 0. The van der Waals surface area contributed by atoms with Crippen LogP contribution in [0.1, 0.15) is 12.5 Å². The van der Waals surface area contributed by atoms with Gasteiger partial charge in [0.05, 0.1) is 14.2 Å². The number of benzene rings is 2. The third-order valence-electron chi connectivity index (χ3n) is 3.36. The highest BCUT2D eigenvalue weighted by atomic mass is 19.1. The molecule has 4 heteroatoms. The van der Waals surface area contributed by atoms with E-state index in [1.54, 1.807) is 12.1 Å². The van der Waals surface area contributed by atoms with Crippen molar-refractivity contribution in [2.45, 2.75) is 6.92 Å². The Labute approximate surface area is 129 Å². The molecule has 0 aromatic heterocycles. The number of rotatable bonds is 4. The highest BCUT2D eigenvalue weighted by Crippen LogP contribution is 2.26. The minimum atomic E-state index is -0.397. The SMILES string of the molecule is COC(=O)/C=C(\C)c1ccc(-c2ccc(OC)c(F)c2)cc1. The van der Waals surface area contributed by atoms with Crippen LogP contribution in [0.25, 0.3) is 16.7 Å². The normalized spacial score (nSPS) is 11.2. The molecule has 22 heavy (non-hydrogen) atoms. The number of carbonyl (C=O) groups is 1. The molecular weight excluding hydrogens is 283 g/mol. The van der Waals surface area contributed by atoms with Crippen LogP contribution in [0.2, 0.25) is 0 Å². The molecule has 0 amide bonds. The summed E-state index contributed by atoms with van der Waals surface area (Å²) in [7, 11) is 2.77. The van der Waals surface area contributed by atoms with E-state index < -0.39 is 5.82 Å². The van der Waals surface area contributed by atoms with E-state index in [0.29, 0.717) is 0 Å². The van der Waals surface area contributed by atoms with E-state index in [1.807, 2.05) is 31.2 Å². The van der Waals surface area contributed by atoms with E-state index in [4.69, 9.17) is 4.74 Å². The molecule has 0 aliphatic heterocycles. The van der Waals surface area contributed by atoms with Crippen LogP contribution in [-0.2, 0) is 9.53 Å². The van der Waals surface area contributed by atoms with Gasteiger partial charge in [-0.1, -0.05) is 30.3 Å². The lowest BCUT2D eigenvalue weighted by Crippen LogP contribution is -1.95. The van der Waals surface area contributed by atoms with Gasteiger partial charge in [-0.15, -0.1) is 0 Å². The minimum absolute atomic E-state index is 0.220. The van der Waals surface area contributed by atoms with Gasteiger partial charge in [0.1, 0.15) is 0 Å². The van der Waals surface area contributed by atoms with Crippen molar-refractivity contribution in [2.24, 2.45) is 0 Å². The quantitative estimate of drug-likeness (QED) is 0.630. The predicted molar refractivity (Wildman–Crippen MR) is 84.1 cm³/mol. The van der Waals surface area contributed by atoms with Gasteiger partial charge in [-0.25, -0.2) is 9.18 Å². The molecule has 0 aliphatic carbocycles. The molecule has 0 spiro atoms. The Bertz CT molecular complexity index is 703. The molecule has 0 bridgehead atoms.